The van der Waals surface area contributed by atoms with Gasteiger partial charge < -0.3 is 4.74 Å². The SMILES string of the molecule is C1CCOC1.CCCCCCC.CCc1ccccc1. The van der Waals surface area contributed by atoms with Crippen molar-refractivity contribution >= 4 is 0 Å². The zero-order chi connectivity index (χ0) is 14.9. The van der Waals surface area contributed by atoms with Crippen molar-refractivity contribution in [3.05, 3.63) is 35.9 Å². The molecule has 1 saturated heterocycles. The van der Waals surface area contributed by atoms with Crippen LogP contribution in [-0.2, 0) is 11.2 Å². The Morgan fingerprint density at radius 2 is 1.35 bits per heavy atom. The van der Waals surface area contributed by atoms with E-state index >= 15 is 0 Å². The molecular weight excluding hydrogens is 244 g/mol. The highest BCUT2D eigenvalue weighted by atomic mass is 16.5. The Hall–Kier alpha value is -0.820. The Kier molecular flexibility index (Phi) is 15.6. The minimum atomic E-state index is 1.00. The maximum atomic E-state index is 4.94. The van der Waals surface area contributed by atoms with E-state index in [-0.39, 0.29) is 0 Å². The molecule has 1 aliphatic rings. The third kappa shape index (κ3) is 13.6. The van der Waals surface area contributed by atoms with E-state index < -0.39 is 0 Å². The summed E-state index contributed by atoms with van der Waals surface area (Å²) in [6.45, 7) is 8.65. The van der Waals surface area contributed by atoms with Crippen LogP contribution in [0.1, 0.15) is 71.3 Å². The van der Waals surface area contributed by atoms with Gasteiger partial charge in [-0.15, -0.1) is 0 Å². The highest BCUT2D eigenvalue weighted by Crippen LogP contribution is 2.00. The van der Waals surface area contributed by atoms with Crippen molar-refractivity contribution in [2.24, 2.45) is 0 Å². The first-order chi connectivity index (χ1) is 9.85. The number of ether oxygens (including phenoxy) is 1. The predicted molar refractivity (Wildman–Crippen MR) is 90.3 cm³/mol. The maximum absolute atomic E-state index is 4.94. The van der Waals surface area contributed by atoms with Crippen LogP contribution in [0.3, 0.4) is 0 Å². The molecule has 1 aromatic rings. The number of hydrogen-bond donors (Lipinski definition) is 0. The second-order valence-electron chi connectivity index (χ2n) is 5.22. The highest BCUT2D eigenvalue weighted by Gasteiger charge is 1.94. The molecule has 1 fully saturated rings. The monoisotopic (exact) mass is 278 g/mol. The zero-order valence-corrected chi connectivity index (χ0v) is 13.9. The molecule has 0 unspecified atom stereocenters. The lowest BCUT2D eigenvalue weighted by molar-refractivity contribution is 0.198. The summed E-state index contributed by atoms with van der Waals surface area (Å²) in [4.78, 5) is 0. The largest absolute Gasteiger partial charge is 0.381 e. The summed E-state index contributed by atoms with van der Waals surface area (Å²) in [5, 5.41) is 0. The molecule has 0 saturated carbocycles. The van der Waals surface area contributed by atoms with Gasteiger partial charge in [-0.1, -0.05) is 83.2 Å². The predicted octanol–water partition coefficient (Wildman–Crippen LogP) is 6.02. The molecule has 0 N–H and O–H groups in total. The third-order valence-corrected chi connectivity index (χ3v) is 3.29. The Balaban J connectivity index is 0.000000278. The van der Waals surface area contributed by atoms with E-state index in [9.17, 15) is 0 Å². The molecule has 0 spiro atoms. The van der Waals surface area contributed by atoms with Gasteiger partial charge in [0.05, 0.1) is 0 Å². The van der Waals surface area contributed by atoms with Crippen molar-refractivity contribution in [1.29, 1.82) is 0 Å². The van der Waals surface area contributed by atoms with Crippen LogP contribution in [0.25, 0.3) is 0 Å². The van der Waals surface area contributed by atoms with Gasteiger partial charge in [0.25, 0.3) is 0 Å². The number of rotatable bonds is 5. The number of aryl methyl sites for hydroxylation is 1. The van der Waals surface area contributed by atoms with E-state index in [1.807, 2.05) is 6.07 Å². The lowest BCUT2D eigenvalue weighted by atomic mass is 10.2. The fourth-order valence-corrected chi connectivity index (χ4v) is 1.90. The number of hydrogen-bond acceptors (Lipinski definition) is 1. The minimum Gasteiger partial charge on any atom is -0.381 e. The minimum absolute atomic E-state index is 1.00. The van der Waals surface area contributed by atoms with Crippen LogP contribution < -0.4 is 0 Å². The molecule has 1 heterocycles. The summed E-state index contributed by atoms with van der Waals surface area (Å²) >= 11 is 0. The number of unbranched alkanes of at least 4 members (excludes halogenated alkanes) is 4. The van der Waals surface area contributed by atoms with E-state index in [0.29, 0.717) is 0 Å². The summed E-state index contributed by atoms with van der Waals surface area (Å²) in [5.41, 5.74) is 1.41. The van der Waals surface area contributed by atoms with Gasteiger partial charge in [-0.05, 0) is 24.8 Å². The van der Waals surface area contributed by atoms with Crippen LogP contribution in [-0.4, -0.2) is 13.2 Å². The van der Waals surface area contributed by atoms with Gasteiger partial charge in [-0.25, -0.2) is 0 Å². The first kappa shape index (κ1) is 19.2. The number of benzene rings is 1. The normalized spacial score (nSPS) is 12.9. The molecule has 0 aliphatic carbocycles. The zero-order valence-electron chi connectivity index (χ0n) is 13.9. The van der Waals surface area contributed by atoms with Gasteiger partial charge in [0.1, 0.15) is 0 Å². The van der Waals surface area contributed by atoms with Crippen molar-refractivity contribution in [3.63, 3.8) is 0 Å². The van der Waals surface area contributed by atoms with Gasteiger partial charge in [-0.3, -0.25) is 0 Å². The molecule has 1 heteroatoms. The Bertz CT molecular complexity index is 253. The molecule has 20 heavy (non-hydrogen) atoms. The second-order valence-corrected chi connectivity index (χ2v) is 5.22. The lowest BCUT2D eigenvalue weighted by Crippen LogP contribution is -1.74. The van der Waals surface area contributed by atoms with Crippen LogP contribution in [0.4, 0.5) is 0 Å². The van der Waals surface area contributed by atoms with Crippen molar-refractivity contribution in [1.82, 2.24) is 0 Å². The van der Waals surface area contributed by atoms with Crippen LogP contribution in [0.5, 0.6) is 0 Å². The second kappa shape index (κ2) is 16.2. The Labute approximate surface area is 126 Å². The van der Waals surface area contributed by atoms with Crippen LogP contribution in [0, 0.1) is 0 Å². The first-order valence-electron chi connectivity index (χ1n) is 8.46. The van der Waals surface area contributed by atoms with E-state index in [0.717, 1.165) is 19.6 Å². The lowest BCUT2D eigenvalue weighted by Gasteiger charge is -1.90. The fourth-order valence-electron chi connectivity index (χ4n) is 1.90. The molecule has 1 nitrogen and oxygen atoms in total. The first-order valence-corrected chi connectivity index (χ1v) is 8.46. The molecule has 0 aromatic heterocycles. The van der Waals surface area contributed by atoms with E-state index in [1.54, 1.807) is 0 Å². The van der Waals surface area contributed by atoms with E-state index in [1.165, 1.54) is 50.5 Å². The van der Waals surface area contributed by atoms with Gasteiger partial charge in [-0.2, -0.15) is 0 Å². The molecule has 0 bridgehead atoms. The topological polar surface area (TPSA) is 9.23 Å². The molecule has 0 amide bonds. The highest BCUT2D eigenvalue weighted by molar-refractivity contribution is 5.13. The van der Waals surface area contributed by atoms with Crippen molar-refractivity contribution < 1.29 is 4.74 Å². The van der Waals surface area contributed by atoms with Crippen LogP contribution in [0.15, 0.2) is 30.3 Å². The molecule has 1 aromatic carbocycles. The van der Waals surface area contributed by atoms with Crippen LogP contribution >= 0.6 is 0 Å². The summed E-state index contributed by atoms with van der Waals surface area (Å²) in [6.07, 6.45) is 10.7. The smallest absolute Gasteiger partial charge is 0.0466 e. The summed E-state index contributed by atoms with van der Waals surface area (Å²) in [7, 11) is 0. The van der Waals surface area contributed by atoms with E-state index in [2.05, 4.69) is 45.0 Å². The summed E-state index contributed by atoms with van der Waals surface area (Å²) < 4.78 is 4.94. The molecule has 0 atom stereocenters. The van der Waals surface area contributed by atoms with Gasteiger partial charge in [0.2, 0.25) is 0 Å². The summed E-state index contributed by atoms with van der Waals surface area (Å²) in [6, 6.07) is 10.5. The van der Waals surface area contributed by atoms with Gasteiger partial charge in [0.15, 0.2) is 0 Å². The molecule has 116 valence electrons. The van der Waals surface area contributed by atoms with Gasteiger partial charge >= 0.3 is 0 Å². The standard InChI is InChI=1S/C8H10.C7H16.C4H8O/c1-2-8-6-4-3-5-7-8;1-3-5-7-6-4-2;1-2-4-5-3-1/h3-7H,2H2,1H3;3-7H2,1-2H3;1-4H2. The average molecular weight is 278 g/mol. The fraction of sp³-hybridized carbons (Fsp3) is 0.684. The molecular formula is C19H34O. The van der Waals surface area contributed by atoms with Crippen molar-refractivity contribution in [3.8, 4) is 0 Å². The Morgan fingerprint density at radius 3 is 1.65 bits per heavy atom. The van der Waals surface area contributed by atoms with Gasteiger partial charge in [0, 0.05) is 13.2 Å². The Morgan fingerprint density at radius 1 is 0.800 bits per heavy atom. The average Bonchev–Trinajstić information content (AvgIpc) is 3.09. The molecule has 1 aliphatic heterocycles. The quantitative estimate of drug-likeness (QED) is 0.598. The van der Waals surface area contributed by atoms with E-state index in [4.69, 9.17) is 4.74 Å². The molecule has 0 radical (unpaired) electrons. The molecule has 2 rings (SSSR count). The summed E-state index contributed by atoms with van der Waals surface area (Å²) in [5.74, 6) is 0. The third-order valence-electron chi connectivity index (χ3n) is 3.29. The van der Waals surface area contributed by atoms with Crippen molar-refractivity contribution in [2.45, 2.75) is 72.1 Å². The van der Waals surface area contributed by atoms with Crippen molar-refractivity contribution in [2.75, 3.05) is 13.2 Å². The van der Waals surface area contributed by atoms with Crippen LogP contribution in [0.2, 0.25) is 0 Å². The maximum Gasteiger partial charge on any atom is 0.0466 e.